The van der Waals surface area contributed by atoms with Crippen LogP contribution in [0.5, 0.6) is 23.0 Å². The molecule has 13 nitrogen and oxygen atoms in total. The SMILES string of the molecule is O=C(OC[C@H]1O[C@H](CC(O)CO)[C@H](O)[C@H]1O)C1=Cc2cc(O)c(O)cc2[C@@H](c2ccc(O)c(O)c2)[C@@H]1C(=O)O. The number of aromatic hydroxyl groups is 4. The molecule has 0 amide bonds. The third kappa shape index (κ3) is 5.48. The number of carbonyl (C=O) groups is 2. The zero-order valence-corrected chi connectivity index (χ0v) is 20.3. The lowest BCUT2D eigenvalue weighted by Crippen LogP contribution is -2.37. The van der Waals surface area contributed by atoms with Crippen LogP contribution in [0.15, 0.2) is 35.9 Å². The van der Waals surface area contributed by atoms with Gasteiger partial charge in [0.05, 0.1) is 30.3 Å². The molecule has 1 aliphatic heterocycles. The standard InChI is InChI=1S/C26H28O13/c27-8-12(28)6-19-23(33)24(34)20(39-19)9-38-26(37)14-3-11-5-17(31)18(32)7-13(11)21(22(14)25(35)36)10-1-2-15(29)16(30)4-10/h1-5,7,12,19-24,27-34H,6,8-9H2,(H,35,36)/t12?,19-,20-,21-,22-,23+,24+/m1/s1. The van der Waals surface area contributed by atoms with Crippen LogP contribution >= 0.6 is 0 Å². The maximum atomic E-state index is 13.2. The van der Waals surface area contributed by atoms with Gasteiger partial charge < -0.3 is 55.4 Å². The van der Waals surface area contributed by atoms with Crippen LogP contribution in [-0.2, 0) is 19.1 Å². The van der Waals surface area contributed by atoms with Crippen molar-refractivity contribution in [2.24, 2.45) is 5.92 Å². The van der Waals surface area contributed by atoms with Gasteiger partial charge in [0.15, 0.2) is 23.0 Å². The molecule has 1 heterocycles. The van der Waals surface area contributed by atoms with Gasteiger partial charge in [-0.25, -0.2) is 4.79 Å². The second-order valence-electron chi connectivity index (χ2n) is 9.48. The molecule has 1 saturated heterocycles. The van der Waals surface area contributed by atoms with Crippen LogP contribution in [0.4, 0.5) is 0 Å². The van der Waals surface area contributed by atoms with Crippen molar-refractivity contribution in [3.05, 3.63) is 52.6 Å². The second kappa shape index (κ2) is 11.1. The number of aliphatic hydroxyl groups excluding tert-OH is 4. The highest BCUT2D eigenvalue weighted by Gasteiger charge is 2.45. The molecule has 1 aliphatic carbocycles. The van der Waals surface area contributed by atoms with Gasteiger partial charge in [-0.3, -0.25) is 4.79 Å². The molecule has 13 heteroatoms. The second-order valence-corrected chi connectivity index (χ2v) is 9.48. The summed E-state index contributed by atoms with van der Waals surface area (Å²) in [5.41, 5.74) is 0.198. The Balaban J connectivity index is 1.65. The van der Waals surface area contributed by atoms with E-state index in [9.17, 15) is 50.4 Å². The number of aliphatic carboxylic acids is 1. The maximum absolute atomic E-state index is 13.2. The summed E-state index contributed by atoms with van der Waals surface area (Å²) in [6.07, 6.45) is -5.45. The van der Waals surface area contributed by atoms with E-state index in [4.69, 9.17) is 14.6 Å². The number of fused-ring (bicyclic) bond motifs is 1. The Morgan fingerprint density at radius 3 is 2.21 bits per heavy atom. The number of rotatable bonds is 8. The highest BCUT2D eigenvalue weighted by molar-refractivity contribution is 6.01. The number of benzene rings is 2. The van der Waals surface area contributed by atoms with Crippen molar-refractivity contribution in [3.63, 3.8) is 0 Å². The molecule has 0 saturated carbocycles. The van der Waals surface area contributed by atoms with Gasteiger partial charge in [0.25, 0.3) is 0 Å². The van der Waals surface area contributed by atoms with Gasteiger partial charge in [-0.2, -0.15) is 0 Å². The number of carboxylic acid groups (broad SMARTS) is 1. The summed E-state index contributed by atoms with van der Waals surface area (Å²) in [4.78, 5) is 25.7. The van der Waals surface area contributed by atoms with Crippen molar-refractivity contribution in [2.75, 3.05) is 13.2 Å². The Labute approximate surface area is 221 Å². The normalized spacial score (nSPS) is 26.9. The fraction of sp³-hybridized carbons (Fsp3) is 0.385. The van der Waals surface area contributed by atoms with Crippen molar-refractivity contribution in [1.82, 2.24) is 0 Å². The average molecular weight is 548 g/mol. The zero-order valence-electron chi connectivity index (χ0n) is 20.3. The first kappa shape index (κ1) is 28.1. The molecule has 2 aromatic carbocycles. The van der Waals surface area contributed by atoms with E-state index in [0.29, 0.717) is 0 Å². The van der Waals surface area contributed by atoms with Gasteiger partial charge >= 0.3 is 11.9 Å². The van der Waals surface area contributed by atoms with Crippen molar-refractivity contribution in [2.45, 2.75) is 42.9 Å². The fourth-order valence-electron chi connectivity index (χ4n) is 4.93. The van der Waals surface area contributed by atoms with Gasteiger partial charge in [0, 0.05) is 12.3 Å². The molecule has 0 spiro atoms. The van der Waals surface area contributed by atoms with Crippen LogP contribution in [0.2, 0.25) is 0 Å². The first-order valence-electron chi connectivity index (χ1n) is 11.9. The van der Waals surface area contributed by atoms with E-state index in [0.717, 1.165) is 24.3 Å². The summed E-state index contributed by atoms with van der Waals surface area (Å²) < 4.78 is 10.7. The van der Waals surface area contributed by atoms with E-state index in [1.807, 2.05) is 0 Å². The Morgan fingerprint density at radius 2 is 1.56 bits per heavy atom. The summed E-state index contributed by atoms with van der Waals surface area (Å²) in [6, 6.07) is 5.85. The number of hydrogen-bond donors (Lipinski definition) is 9. The quantitative estimate of drug-likeness (QED) is 0.150. The molecule has 39 heavy (non-hydrogen) atoms. The van der Waals surface area contributed by atoms with E-state index >= 15 is 0 Å². The molecule has 7 atom stereocenters. The number of hydrogen-bond acceptors (Lipinski definition) is 12. The van der Waals surface area contributed by atoms with Gasteiger partial charge in [-0.15, -0.1) is 0 Å². The first-order chi connectivity index (χ1) is 18.4. The monoisotopic (exact) mass is 548 g/mol. The molecule has 1 unspecified atom stereocenters. The highest BCUT2D eigenvalue weighted by atomic mass is 16.6. The number of phenolic OH excluding ortho intramolecular Hbond substituents is 4. The lowest BCUT2D eigenvalue weighted by atomic mass is 9.71. The summed E-state index contributed by atoms with van der Waals surface area (Å²) in [5.74, 6) is -7.45. The molecule has 9 N–H and O–H groups in total. The lowest BCUT2D eigenvalue weighted by Gasteiger charge is -2.32. The van der Waals surface area contributed by atoms with Crippen molar-refractivity contribution in [3.8, 4) is 23.0 Å². The van der Waals surface area contributed by atoms with Crippen LogP contribution in [-0.4, -0.2) is 102 Å². The first-order valence-corrected chi connectivity index (χ1v) is 11.9. The smallest absolute Gasteiger partial charge is 0.335 e. The van der Waals surface area contributed by atoms with Crippen LogP contribution in [0.3, 0.4) is 0 Å². The Kier molecular flexibility index (Phi) is 7.99. The number of ether oxygens (including phenoxy) is 2. The third-order valence-electron chi connectivity index (χ3n) is 6.91. The molecule has 0 aromatic heterocycles. The Bertz CT molecular complexity index is 1290. The summed E-state index contributed by atoms with van der Waals surface area (Å²) >= 11 is 0. The maximum Gasteiger partial charge on any atom is 0.335 e. The molecule has 210 valence electrons. The van der Waals surface area contributed by atoms with E-state index in [1.165, 1.54) is 12.1 Å². The Hall–Kier alpha value is -3.88. The van der Waals surface area contributed by atoms with E-state index in [1.54, 1.807) is 0 Å². The van der Waals surface area contributed by atoms with Gasteiger partial charge in [0.2, 0.25) is 0 Å². The molecule has 2 aliphatic rings. The number of esters is 1. The topological polar surface area (TPSA) is 235 Å². The van der Waals surface area contributed by atoms with Gasteiger partial charge in [-0.1, -0.05) is 6.07 Å². The predicted molar refractivity (Wildman–Crippen MR) is 130 cm³/mol. The van der Waals surface area contributed by atoms with Gasteiger partial charge in [0.1, 0.15) is 24.9 Å². The minimum atomic E-state index is -1.61. The summed E-state index contributed by atoms with van der Waals surface area (Å²) in [7, 11) is 0. The summed E-state index contributed by atoms with van der Waals surface area (Å²) in [5, 5.41) is 89.1. The van der Waals surface area contributed by atoms with E-state index in [-0.39, 0.29) is 28.7 Å². The van der Waals surface area contributed by atoms with Crippen LogP contribution in [0.25, 0.3) is 6.08 Å². The minimum absolute atomic E-state index is 0.172. The molecule has 0 bridgehead atoms. The molecular formula is C26H28O13. The van der Waals surface area contributed by atoms with Crippen LogP contribution < -0.4 is 0 Å². The summed E-state index contributed by atoms with van der Waals surface area (Å²) in [6.45, 7) is -1.19. The molecule has 0 radical (unpaired) electrons. The van der Waals surface area contributed by atoms with Crippen LogP contribution in [0, 0.1) is 5.92 Å². The van der Waals surface area contributed by atoms with Crippen LogP contribution in [0.1, 0.15) is 29.0 Å². The molecule has 4 rings (SSSR count). The largest absolute Gasteiger partial charge is 0.504 e. The number of carboxylic acids is 1. The molecule has 2 aromatic rings. The highest BCUT2D eigenvalue weighted by Crippen LogP contribution is 2.47. The van der Waals surface area contributed by atoms with Gasteiger partial charge in [-0.05, 0) is 47.0 Å². The number of aliphatic hydroxyl groups is 4. The number of phenols is 4. The molecule has 1 fully saturated rings. The van der Waals surface area contributed by atoms with Crippen molar-refractivity contribution in [1.29, 1.82) is 0 Å². The van der Waals surface area contributed by atoms with Crippen molar-refractivity contribution < 1.29 is 65.0 Å². The average Bonchev–Trinajstić information content (AvgIpc) is 3.16. The predicted octanol–water partition coefficient (Wildman–Crippen LogP) is -0.486. The minimum Gasteiger partial charge on any atom is -0.504 e. The molecular weight excluding hydrogens is 520 g/mol. The van der Waals surface area contributed by atoms with Crippen molar-refractivity contribution >= 4 is 18.0 Å². The Morgan fingerprint density at radius 1 is 0.923 bits per heavy atom. The van der Waals surface area contributed by atoms with E-state index in [2.05, 4.69) is 0 Å². The zero-order chi connectivity index (χ0) is 28.6. The number of carbonyl (C=O) groups excluding carboxylic acids is 1. The lowest BCUT2D eigenvalue weighted by molar-refractivity contribution is -0.149. The fourth-order valence-corrected chi connectivity index (χ4v) is 4.93. The third-order valence-corrected chi connectivity index (χ3v) is 6.91. The van der Waals surface area contributed by atoms with E-state index < -0.39 is 90.5 Å².